The first kappa shape index (κ1) is 12.6. The second-order valence-corrected chi connectivity index (χ2v) is 5.45. The van der Waals surface area contributed by atoms with E-state index in [4.69, 9.17) is 4.74 Å². The molecular formula is C13H14BrN3O2. The number of fused-ring (bicyclic) bond motifs is 1. The second-order valence-electron chi connectivity index (χ2n) is 4.53. The van der Waals surface area contributed by atoms with Gasteiger partial charge in [0.2, 0.25) is 0 Å². The highest BCUT2D eigenvalue weighted by Crippen LogP contribution is 2.19. The van der Waals surface area contributed by atoms with Gasteiger partial charge < -0.3 is 14.2 Å². The minimum atomic E-state index is -0.0586. The van der Waals surface area contributed by atoms with E-state index >= 15 is 0 Å². The van der Waals surface area contributed by atoms with Gasteiger partial charge in [0.15, 0.2) is 5.82 Å². The van der Waals surface area contributed by atoms with Crippen LogP contribution in [0.4, 0.5) is 5.82 Å². The van der Waals surface area contributed by atoms with E-state index in [1.54, 1.807) is 11.6 Å². The maximum absolute atomic E-state index is 12.4. The minimum absolute atomic E-state index is 0.0586. The highest BCUT2D eigenvalue weighted by molar-refractivity contribution is 9.10. The van der Waals surface area contributed by atoms with Gasteiger partial charge in [0, 0.05) is 24.6 Å². The van der Waals surface area contributed by atoms with Crippen molar-refractivity contribution in [1.29, 1.82) is 0 Å². The Morgan fingerprint density at radius 3 is 2.79 bits per heavy atom. The molecule has 0 radical (unpaired) electrons. The van der Waals surface area contributed by atoms with E-state index < -0.39 is 0 Å². The van der Waals surface area contributed by atoms with E-state index in [1.165, 1.54) is 0 Å². The molecule has 0 unspecified atom stereocenters. The minimum Gasteiger partial charge on any atom is -0.378 e. The van der Waals surface area contributed by atoms with Gasteiger partial charge in [-0.25, -0.2) is 4.98 Å². The van der Waals surface area contributed by atoms with Gasteiger partial charge in [-0.3, -0.25) is 4.79 Å². The van der Waals surface area contributed by atoms with Gasteiger partial charge in [-0.15, -0.1) is 0 Å². The summed E-state index contributed by atoms with van der Waals surface area (Å²) < 4.78 is 7.92. The highest BCUT2D eigenvalue weighted by atomic mass is 79.9. The third kappa shape index (κ3) is 2.26. The molecule has 0 saturated carbocycles. The van der Waals surface area contributed by atoms with E-state index in [9.17, 15) is 4.79 Å². The number of aryl methyl sites for hydroxylation is 1. The fourth-order valence-electron chi connectivity index (χ4n) is 2.27. The average molecular weight is 324 g/mol. The van der Waals surface area contributed by atoms with Crippen molar-refractivity contribution in [1.82, 2.24) is 9.55 Å². The third-order valence-electron chi connectivity index (χ3n) is 3.33. The van der Waals surface area contributed by atoms with Gasteiger partial charge in [-0.1, -0.05) is 15.9 Å². The smallest absolute Gasteiger partial charge is 0.293 e. The lowest BCUT2D eigenvalue weighted by molar-refractivity contribution is 0.122. The fourth-order valence-corrected chi connectivity index (χ4v) is 2.62. The topological polar surface area (TPSA) is 47.4 Å². The molecule has 1 aromatic heterocycles. The van der Waals surface area contributed by atoms with Crippen LogP contribution in [0.25, 0.3) is 11.0 Å². The van der Waals surface area contributed by atoms with Crippen LogP contribution in [0, 0.1) is 0 Å². The van der Waals surface area contributed by atoms with Crippen LogP contribution in [0.5, 0.6) is 0 Å². The van der Waals surface area contributed by atoms with Crippen molar-refractivity contribution in [2.24, 2.45) is 7.05 Å². The van der Waals surface area contributed by atoms with Crippen LogP contribution in [-0.2, 0) is 11.8 Å². The summed E-state index contributed by atoms with van der Waals surface area (Å²) >= 11 is 3.44. The van der Waals surface area contributed by atoms with Gasteiger partial charge in [-0.2, -0.15) is 0 Å². The Balaban J connectivity index is 2.19. The number of rotatable bonds is 1. The Kier molecular flexibility index (Phi) is 3.28. The molecule has 19 heavy (non-hydrogen) atoms. The molecular weight excluding hydrogens is 310 g/mol. The molecule has 0 aliphatic carbocycles. The Morgan fingerprint density at radius 1 is 1.32 bits per heavy atom. The molecule has 0 N–H and O–H groups in total. The van der Waals surface area contributed by atoms with Crippen molar-refractivity contribution in [3.63, 3.8) is 0 Å². The van der Waals surface area contributed by atoms with Gasteiger partial charge >= 0.3 is 0 Å². The monoisotopic (exact) mass is 323 g/mol. The Hall–Kier alpha value is -1.40. The number of ether oxygens (including phenoxy) is 1. The van der Waals surface area contributed by atoms with Crippen LogP contribution in [0.3, 0.4) is 0 Å². The molecule has 1 aromatic carbocycles. The predicted molar refractivity (Wildman–Crippen MR) is 77.7 cm³/mol. The molecule has 2 aromatic rings. The van der Waals surface area contributed by atoms with E-state index in [1.807, 2.05) is 23.1 Å². The first-order chi connectivity index (χ1) is 9.16. The highest BCUT2D eigenvalue weighted by Gasteiger charge is 2.18. The van der Waals surface area contributed by atoms with E-state index in [0.29, 0.717) is 32.1 Å². The lowest BCUT2D eigenvalue weighted by Gasteiger charge is -2.27. The quantitative estimate of drug-likeness (QED) is 0.798. The summed E-state index contributed by atoms with van der Waals surface area (Å²) in [4.78, 5) is 18.9. The number of nitrogens with zero attached hydrogens (tertiary/aromatic N) is 3. The van der Waals surface area contributed by atoms with Gasteiger partial charge in [-0.05, 0) is 18.2 Å². The van der Waals surface area contributed by atoms with E-state index in [0.717, 1.165) is 15.5 Å². The zero-order valence-corrected chi connectivity index (χ0v) is 12.2. The van der Waals surface area contributed by atoms with Crippen LogP contribution >= 0.6 is 15.9 Å². The van der Waals surface area contributed by atoms with Crippen LogP contribution < -0.4 is 10.5 Å². The molecule has 0 atom stereocenters. The van der Waals surface area contributed by atoms with Crippen molar-refractivity contribution >= 4 is 32.8 Å². The summed E-state index contributed by atoms with van der Waals surface area (Å²) in [5.74, 6) is 0.511. The number of hydrogen-bond donors (Lipinski definition) is 0. The van der Waals surface area contributed by atoms with Crippen LogP contribution in [-0.4, -0.2) is 35.9 Å². The predicted octanol–water partition coefficient (Wildman–Crippen LogP) is 1.53. The number of benzene rings is 1. The summed E-state index contributed by atoms with van der Waals surface area (Å²) in [6, 6.07) is 5.74. The summed E-state index contributed by atoms with van der Waals surface area (Å²) in [7, 11) is 1.78. The maximum atomic E-state index is 12.4. The Labute approximate surface area is 118 Å². The molecule has 100 valence electrons. The van der Waals surface area contributed by atoms with E-state index in [-0.39, 0.29) is 5.56 Å². The molecule has 6 heteroatoms. The number of aromatic nitrogens is 2. The second kappa shape index (κ2) is 4.94. The molecule has 1 fully saturated rings. The molecule has 0 spiro atoms. The summed E-state index contributed by atoms with van der Waals surface area (Å²) in [6.07, 6.45) is 0. The maximum Gasteiger partial charge on any atom is 0.293 e. The lowest BCUT2D eigenvalue weighted by Crippen LogP contribution is -2.41. The van der Waals surface area contributed by atoms with Gasteiger partial charge in [0.1, 0.15) is 0 Å². The number of morpholine rings is 1. The lowest BCUT2D eigenvalue weighted by atomic mass is 10.3. The molecule has 1 aliphatic rings. The Bertz CT molecular complexity index is 677. The largest absolute Gasteiger partial charge is 0.378 e. The SMILES string of the molecule is Cn1c(=O)c(N2CCOCC2)nc2cc(Br)ccc21. The first-order valence-corrected chi connectivity index (χ1v) is 6.95. The van der Waals surface area contributed by atoms with E-state index in [2.05, 4.69) is 20.9 Å². The zero-order valence-electron chi connectivity index (χ0n) is 10.6. The van der Waals surface area contributed by atoms with Crippen molar-refractivity contribution in [3.8, 4) is 0 Å². The van der Waals surface area contributed by atoms with Crippen molar-refractivity contribution in [2.45, 2.75) is 0 Å². The van der Waals surface area contributed by atoms with Crippen LogP contribution in [0.15, 0.2) is 27.5 Å². The fraction of sp³-hybridized carbons (Fsp3) is 0.385. The number of hydrogen-bond acceptors (Lipinski definition) is 4. The molecule has 2 heterocycles. The summed E-state index contributed by atoms with van der Waals surface area (Å²) in [5.41, 5.74) is 1.60. The molecule has 5 nitrogen and oxygen atoms in total. The summed E-state index contributed by atoms with van der Waals surface area (Å²) in [6.45, 7) is 2.70. The van der Waals surface area contributed by atoms with Crippen molar-refractivity contribution in [3.05, 3.63) is 33.0 Å². The normalized spacial score (nSPS) is 16.0. The van der Waals surface area contributed by atoms with Crippen molar-refractivity contribution < 1.29 is 4.74 Å². The number of anilines is 1. The molecule has 0 amide bonds. The molecule has 1 saturated heterocycles. The number of halogens is 1. The first-order valence-electron chi connectivity index (χ1n) is 6.16. The summed E-state index contributed by atoms with van der Waals surface area (Å²) in [5, 5.41) is 0. The van der Waals surface area contributed by atoms with Crippen LogP contribution in [0.2, 0.25) is 0 Å². The van der Waals surface area contributed by atoms with Crippen LogP contribution in [0.1, 0.15) is 0 Å². The zero-order chi connectivity index (χ0) is 13.4. The Morgan fingerprint density at radius 2 is 2.05 bits per heavy atom. The average Bonchev–Trinajstić information content (AvgIpc) is 2.43. The van der Waals surface area contributed by atoms with Gasteiger partial charge in [0.25, 0.3) is 5.56 Å². The molecule has 3 rings (SSSR count). The molecule has 1 aliphatic heterocycles. The third-order valence-corrected chi connectivity index (χ3v) is 3.82. The molecule has 0 bridgehead atoms. The standard InChI is InChI=1S/C13H14BrN3O2/c1-16-11-3-2-9(14)8-10(11)15-12(13(16)18)17-4-6-19-7-5-17/h2-3,8H,4-7H2,1H3. The van der Waals surface area contributed by atoms with Gasteiger partial charge in [0.05, 0.1) is 24.2 Å². The van der Waals surface area contributed by atoms with Crippen molar-refractivity contribution in [2.75, 3.05) is 31.2 Å².